The van der Waals surface area contributed by atoms with E-state index in [1.165, 1.54) is 21.3 Å². The molecule has 0 bridgehead atoms. The van der Waals surface area contributed by atoms with Crippen LogP contribution in [0, 0.1) is 5.82 Å². The van der Waals surface area contributed by atoms with Gasteiger partial charge in [0.05, 0.1) is 22.4 Å². The van der Waals surface area contributed by atoms with E-state index < -0.39 is 5.82 Å². The van der Waals surface area contributed by atoms with Crippen LogP contribution in [0.2, 0.25) is 5.02 Å². The molecule has 5 aromatic rings. The number of aromatic nitrogens is 4. The third-order valence-corrected chi connectivity index (χ3v) is 7.15. The van der Waals surface area contributed by atoms with Gasteiger partial charge in [-0.25, -0.2) is 9.18 Å². The van der Waals surface area contributed by atoms with E-state index in [2.05, 4.69) is 20.4 Å². The fourth-order valence-corrected chi connectivity index (χ4v) is 5.18. The SMILES string of the molecule is Cn1ccn(-c2ccc(-c3cc(F)cc(-c4cc(N5CCNCC5)c5cn[nH]c5c4)c3O)cc2Cl)c1=O. The normalized spacial score (nSPS) is 14.0. The van der Waals surface area contributed by atoms with Gasteiger partial charge >= 0.3 is 5.69 Å². The van der Waals surface area contributed by atoms with Crippen LogP contribution in [0.1, 0.15) is 0 Å². The zero-order valence-electron chi connectivity index (χ0n) is 20.0. The molecule has 1 aliphatic heterocycles. The quantitative estimate of drug-likeness (QED) is 0.330. The Labute approximate surface area is 216 Å². The molecule has 0 radical (unpaired) electrons. The number of phenols is 1. The van der Waals surface area contributed by atoms with Crippen LogP contribution < -0.4 is 15.9 Å². The largest absolute Gasteiger partial charge is 0.507 e. The van der Waals surface area contributed by atoms with Gasteiger partial charge in [-0.15, -0.1) is 0 Å². The van der Waals surface area contributed by atoms with Gasteiger partial charge in [-0.1, -0.05) is 17.7 Å². The molecule has 1 saturated heterocycles. The second-order valence-electron chi connectivity index (χ2n) is 9.14. The third kappa shape index (κ3) is 4.06. The van der Waals surface area contributed by atoms with Crippen molar-refractivity contribution in [2.45, 2.75) is 0 Å². The first-order valence-corrected chi connectivity index (χ1v) is 12.3. The number of halogens is 2. The fourth-order valence-electron chi connectivity index (χ4n) is 4.91. The van der Waals surface area contributed by atoms with Gasteiger partial charge in [0.15, 0.2) is 0 Å². The summed E-state index contributed by atoms with van der Waals surface area (Å²) in [5.74, 6) is -0.553. The summed E-state index contributed by atoms with van der Waals surface area (Å²) in [6.45, 7) is 3.40. The standard InChI is InChI=1S/C27H24ClFN6O2/c1-33-8-9-35(27(33)37)24-3-2-16(10-22(24)28)19-13-18(29)14-20(26(19)36)17-11-23-21(15-31-32-23)25(12-17)34-6-4-30-5-7-34/h2-3,8-15,30,36H,4-7H2,1H3,(H,31,32). The fraction of sp³-hybridized carbons (Fsp3) is 0.185. The Hall–Kier alpha value is -4.08. The number of piperazine rings is 1. The van der Waals surface area contributed by atoms with Gasteiger partial charge < -0.3 is 19.9 Å². The lowest BCUT2D eigenvalue weighted by Gasteiger charge is -2.30. The number of fused-ring (bicyclic) bond motifs is 1. The number of aromatic amines is 1. The third-order valence-electron chi connectivity index (χ3n) is 6.85. The average Bonchev–Trinajstić information content (AvgIpc) is 3.51. The average molecular weight is 519 g/mol. The van der Waals surface area contributed by atoms with Crippen molar-refractivity contribution in [2.24, 2.45) is 7.05 Å². The first kappa shape index (κ1) is 23.3. The molecule has 2 aromatic heterocycles. The Kier molecular flexibility index (Phi) is 5.73. The number of hydrogen-bond donors (Lipinski definition) is 3. The summed E-state index contributed by atoms with van der Waals surface area (Å²) in [5, 5.41) is 23.2. The molecule has 1 aliphatic rings. The summed E-state index contributed by atoms with van der Waals surface area (Å²) < 4.78 is 17.8. The summed E-state index contributed by atoms with van der Waals surface area (Å²) in [4.78, 5) is 14.6. The van der Waals surface area contributed by atoms with Crippen molar-refractivity contribution < 1.29 is 9.50 Å². The van der Waals surface area contributed by atoms with Crippen LogP contribution in [0.4, 0.5) is 10.1 Å². The Morgan fingerprint density at radius 2 is 1.76 bits per heavy atom. The van der Waals surface area contributed by atoms with Crippen LogP contribution in [0.25, 0.3) is 38.8 Å². The lowest BCUT2D eigenvalue weighted by atomic mass is 9.95. The van der Waals surface area contributed by atoms with E-state index in [0.29, 0.717) is 33.0 Å². The van der Waals surface area contributed by atoms with E-state index in [9.17, 15) is 14.3 Å². The zero-order chi connectivity index (χ0) is 25.7. The zero-order valence-corrected chi connectivity index (χ0v) is 20.8. The summed E-state index contributed by atoms with van der Waals surface area (Å²) >= 11 is 6.54. The maximum Gasteiger partial charge on any atom is 0.332 e. The Morgan fingerprint density at radius 3 is 2.46 bits per heavy atom. The number of hydrogen-bond acceptors (Lipinski definition) is 5. The van der Waals surface area contributed by atoms with Crippen LogP contribution in [-0.2, 0) is 7.05 Å². The molecule has 188 valence electrons. The van der Waals surface area contributed by atoms with Gasteiger partial charge in [-0.2, -0.15) is 5.10 Å². The summed E-state index contributed by atoms with van der Waals surface area (Å²) in [5.41, 5.74) is 3.91. The van der Waals surface area contributed by atoms with Crippen molar-refractivity contribution in [3.05, 3.63) is 82.4 Å². The second-order valence-corrected chi connectivity index (χ2v) is 9.55. The number of phenolic OH excluding ortho intramolecular Hbond substituents is 1. The highest BCUT2D eigenvalue weighted by Crippen LogP contribution is 2.42. The molecule has 37 heavy (non-hydrogen) atoms. The molecular formula is C27H24ClFN6O2. The minimum absolute atomic E-state index is 0.0628. The van der Waals surface area contributed by atoms with E-state index in [-0.39, 0.29) is 11.4 Å². The van der Waals surface area contributed by atoms with Crippen molar-refractivity contribution in [1.29, 1.82) is 0 Å². The van der Waals surface area contributed by atoms with Crippen LogP contribution >= 0.6 is 11.6 Å². The first-order valence-electron chi connectivity index (χ1n) is 11.9. The van der Waals surface area contributed by atoms with E-state index in [1.807, 2.05) is 12.1 Å². The van der Waals surface area contributed by atoms with Crippen LogP contribution in [-0.4, -0.2) is 50.6 Å². The molecule has 0 unspecified atom stereocenters. The van der Waals surface area contributed by atoms with Gasteiger partial charge in [-0.3, -0.25) is 9.67 Å². The Morgan fingerprint density at radius 1 is 1.00 bits per heavy atom. The molecule has 0 spiro atoms. The maximum atomic E-state index is 15.0. The highest BCUT2D eigenvalue weighted by Gasteiger charge is 2.20. The molecule has 1 fully saturated rings. The molecule has 3 N–H and O–H groups in total. The Bertz CT molecular complexity index is 1700. The second kappa shape index (κ2) is 9.10. The van der Waals surface area contributed by atoms with Gasteiger partial charge in [-0.05, 0) is 47.5 Å². The highest BCUT2D eigenvalue weighted by molar-refractivity contribution is 6.32. The van der Waals surface area contributed by atoms with E-state index >= 15 is 0 Å². The number of rotatable bonds is 4. The number of anilines is 1. The van der Waals surface area contributed by atoms with E-state index in [4.69, 9.17) is 11.6 Å². The summed E-state index contributed by atoms with van der Waals surface area (Å²) in [7, 11) is 1.65. The van der Waals surface area contributed by atoms with Crippen LogP contribution in [0.3, 0.4) is 0 Å². The topological polar surface area (TPSA) is 91.1 Å². The van der Waals surface area contributed by atoms with Gasteiger partial charge in [0.2, 0.25) is 0 Å². The summed E-state index contributed by atoms with van der Waals surface area (Å²) in [6, 6.07) is 11.5. The van der Waals surface area contributed by atoms with Gasteiger partial charge in [0.25, 0.3) is 0 Å². The number of benzene rings is 3. The minimum Gasteiger partial charge on any atom is -0.507 e. The number of aryl methyl sites for hydroxylation is 1. The number of nitrogens with one attached hydrogen (secondary N) is 2. The molecule has 0 aliphatic carbocycles. The molecule has 0 saturated carbocycles. The molecular weight excluding hydrogens is 495 g/mol. The van der Waals surface area contributed by atoms with Gasteiger partial charge in [0, 0.05) is 67.8 Å². The van der Waals surface area contributed by atoms with Crippen LogP contribution in [0.5, 0.6) is 5.75 Å². The molecule has 0 atom stereocenters. The Balaban J connectivity index is 1.46. The predicted molar refractivity (Wildman–Crippen MR) is 143 cm³/mol. The number of nitrogens with zero attached hydrogens (tertiary/aromatic N) is 4. The summed E-state index contributed by atoms with van der Waals surface area (Å²) in [6.07, 6.45) is 5.06. The lowest BCUT2D eigenvalue weighted by molar-refractivity contribution is 0.477. The van der Waals surface area contributed by atoms with Crippen molar-refractivity contribution in [1.82, 2.24) is 24.6 Å². The monoisotopic (exact) mass is 518 g/mol. The molecule has 3 aromatic carbocycles. The molecule has 8 nitrogen and oxygen atoms in total. The van der Waals surface area contributed by atoms with Crippen molar-refractivity contribution >= 4 is 28.2 Å². The number of aromatic hydroxyl groups is 1. The molecule has 0 amide bonds. The first-order chi connectivity index (χ1) is 17.9. The maximum absolute atomic E-state index is 15.0. The predicted octanol–water partition coefficient (Wildman–Crippen LogP) is 4.29. The van der Waals surface area contributed by atoms with E-state index in [1.54, 1.807) is 43.8 Å². The van der Waals surface area contributed by atoms with Crippen molar-refractivity contribution in [3.8, 4) is 33.7 Å². The molecule has 3 heterocycles. The molecule has 10 heteroatoms. The number of imidazole rings is 1. The number of H-pyrrole nitrogens is 1. The minimum atomic E-state index is -0.490. The molecule has 6 rings (SSSR count). The van der Waals surface area contributed by atoms with Crippen molar-refractivity contribution in [2.75, 3.05) is 31.1 Å². The van der Waals surface area contributed by atoms with Crippen molar-refractivity contribution in [3.63, 3.8) is 0 Å². The van der Waals surface area contributed by atoms with Crippen LogP contribution in [0.15, 0.2) is 65.8 Å². The highest BCUT2D eigenvalue weighted by atomic mass is 35.5. The smallest absolute Gasteiger partial charge is 0.332 e. The lowest BCUT2D eigenvalue weighted by Crippen LogP contribution is -2.43. The van der Waals surface area contributed by atoms with Gasteiger partial charge in [0.1, 0.15) is 11.6 Å². The van der Waals surface area contributed by atoms with E-state index in [0.717, 1.165) is 42.8 Å².